The van der Waals surface area contributed by atoms with Crippen LogP contribution in [-0.4, -0.2) is 41.6 Å². The quantitative estimate of drug-likeness (QED) is 0.314. The van der Waals surface area contributed by atoms with Crippen LogP contribution >= 0.6 is 0 Å². The Morgan fingerprint density at radius 2 is 1.34 bits per heavy atom. The molecule has 1 saturated carbocycles. The van der Waals surface area contributed by atoms with Gasteiger partial charge in [0.15, 0.2) is 0 Å². The Balaban J connectivity index is 1.23. The van der Waals surface area contributed by atoms with Crippen molar-refractivity contribution in [1.82, 2.24) is 15.5 Å². The van der Waals surface area contributed by atoms with E-state index in [1.165, 1.54) is 31.2 Å². The van der Waals surface area contributed by atoms with Gasteiger partial charge in [0.2, 0.25) is 5.91 Å². The minimum Gasteiger partial charge on any atom is -0.445 e. The normalized spacial score (nSPS) is 22.2. The first kappa shape index (κ1) is 28.9. The van der Waals surface area contributed by atoms with Gasteiger partial charge < -0.3 is 15.4 Å². The van der Waals surface area contributed by atoms with Crippen LogP contribution in [0, 0.1) is 0 Å². The second-order valence-electron chi connectivity index (χ2n) is 11.6. The number of nitrogens with one attached hydrogen (secondary N) is 2. The molecule has 0 aromatic heterocycles. The zero-order valence-electron chi connectivity index (χ0n) is 24.0. The zero-order valence-corrected chi connectivity index (χ0v) is 24.0. The highest BCUT2D eigenvalue weighted by atomic mass is 16.5. The highest BCUT2D eigenvalue weighted by Gasteiger charge is 2.41. The molecule has 3 aromatic carbocycles. The van der Waals surface area contributed by atoms with E-state index in [9.17, 15) is 9.59 Å². The zero-order chi connectivity index (χ0) is 28.3. The SMILES string of the molecule is O=C(NC(C(=O)NC1CCC(Cc2ccccc2)(N2CCCCCC2)CC1)c1ccccc1)OCc1ccccc1. The van der Waals surface area contributed by atoms with E-state index in [4.69, 9.17) is 4.74 Å². The van der Waals surface area contributed by atoms with E-state index >= 15 is 0 Å². The number of likely N-dealkylation sites (tertiary alicyclic amines) is 1. The van der Waals surface area contributed by atoms with Gasteiger partial charge in [0, 0.05) is 11.6 Å². The Hall–Kier alpha value is -3.64. The molecule has 1 saturated heterocycles. The molecule has 0 spiro atoms. The lowest BCUT2D eigenvalue weighted by atomic mass is 9.74. The number of rotatable bonds is 9. The number of amides is 2. The summed E-state index contributed by atoms with van der Waals surface area (Å²) in [4.78, 5) is 29.1. The van der Waals surface area contributed by atoms with Crippen LogP contribution in [0.1, 0.15) is 74.1 Å². The van der Waals surface area contributed by atoms with E-state index in [0.29, 0.717) is 0 Å². The molecule has 3 aromatic rings. The van der Waals surface area contributed by atoms with Crippen LogP contribution in [-0.2, 0) is 22.6 Å². The van der Waals surface area contributed by atoms with Gasteiger partial charge in [-0.15, -0.1) is 0 Å². The molecule has 2 N–H and O–H groups in total. The van der Waals surface area contributed by atoms with Crippen molar-refractivity contribution in [1.29, 1.82) is 0 Å². The predicted octanol–water partition coefficient (Wildman–Crippen LogP) is 6.57. The fourth-order valence-electron chi connectivity index (χ4n) is 6.54. The lowest BCUT2D eigenvalue weighted by Crippen LogP contribution is -2.55. The van der Waals surface area contributed by atoms with Crippen LogP contribution in [0.3, 0.4) is 0 Å². The minimum atomic E-state index is -0.818. The topological polar surface area (TPSA) is 70.7 Å². The van der Waals surface area contributed by atoms with Crippen molar-refractivity contribution in [2.45, 2.75) is 82.0 Å². The lowest BCUT2D eigenvalue weighted by Gasteiger charge is -2.48. The van der Waals surface area contributed by atoms with Crippen LogP contribution in [0.4, 0.5) is 4.79 Å². The largest absolute Gasteiger partial charge is 0.445 e. The van der Waals surface area contributed by atoms with Crippen LogP contribution < -0.4 is 10.6 Å². The van der Waals surface area contributed by atoms with Gasteiger partial charge in [-0.05, 0) is 74.7 Å². The van der Waals surface area contributed by atoms with Crippen LogP contribution in [0.15, 0.2) is 91.0 Å². The summed E-state index contributed by atoms with van der Waals surface area (Å²) in [6.45, 7) is 2.47. The molecular weight excluding hydrogens is 510 g/mol. The Labute approximate surface area is 244 Å². The molecule has 2 fully saturated rings. The molecule has 1 aliphatic heterocycles. The van der Waals surface area contributed by atoms with Gasteiger partial charge in [0.25, 0.3) is 0 Å². The van der Waals surface area contributed by atoms with E-state index in [2.05, 4.69) is 45.9 Å². The fourth-order valence-corrected chi connectivity index (χ4v) is 6.54. The van der Waals surface area contributed by atoms with E-state index < -0.39 is 12.1 Å². The lowest BCUT2D eigenvalue weighted by molar-refractivity contribution is -0.124. The Morgan fingerprint density at radius 3 is 1.95 bits per heavy atom. The molecule has 6 nitrogen and oxygen atoms in total. The summed E-state index contributed by atoms with van der Waals surface area (Å²) in [6.07, 6.45) is 9.56. The first-order chi connectivity index (χ1) is 20.1. The summed E-state index contributed by atoms with van der Waals surface area (Å²) in [5.41, 5.74) is 3.15. The van der Waals surface area contributed by atoms with Gasteiger partial charge in [-0.3, -0.25) is 9.69 Å². The first-order valence-electron chi connectivity index (χ1n) is 15.2. The van der Waals surface area contributed by atoms with Crippen LogP contribution in [0.5, 0.6) is 0 Å². The van der Waals surface area contributed by atoms with Gasteiger partial charge in [-0.2, -0.15) is 0 Å². The Morgan fingerprint density at radius 1 is 0.780 bits per heavy atom. The molecule has 2 amide bonds. The number of hydrogen-bond donors (Lipinski definition) is 2. The summed E-state index contributed by atoms with van der Waals surface area (Å²) in [7, 11) is 0. The number of nitrogens with zero attached hydrogens (tertiary/aromatic N) is 1. The summed E-state index contributed by atoms with van der Waals surface area (Å²) in [6, 6.07) is 29.1. The van der Waals surface area contributed by atoms with Gasteiger partial charge in [-0.25, -0.2) is 4.79 Å². The van der Waals surface area contributed by atoms with Gasteiger partial charge in [0.1, 0.15) is 12.6 Å². The molecule has 41 heavy (non-hydrogen) atoms. The smallest absolute Gasteiger partial charge is 0.408 e. The standard InChI is InChI=1S/C35H43N3O3/c39-33(32(30-18-10-5-11-19-30)37-34(40)41-27-29-16-8-4-9-17-29)36-31-20-22-35(23-21-31,26-28-14-6-3-7-15-28)38-24-12-1-2-13-25-38/h3-11,14-19,31-32H,1-2,12-13,20-27H2,(H,36,39)(H,37,40). The predicted molar refractivity (Wildman–Crippen MR) is 162 cm³/mol. The summed E-state index contributed by atoms with van der Waals surface area (Å²) in [5, 5.41) is 6.10. The summed E-state index contributed by atoms with van der Waals surface area (Å²) >= 11 is 0. The molecule has 5 rings (SSSR count). The third kappa shape index (κ3) is 7.98. The van der Waals surface area contributed by atoms with Crippen molar-refractivity contribution >= 4 is 12.0 Å². The second-order valence-corrected chi connectivity index (χ2v) is 11.6. The maximum Gasteiger partial charge on any atom is 0.408 e. The first-order valence-corrected chi connectivity index (χ1v) is 15.2. The number of hydrogen-bond acceptors (Lipinski definition) is 4. The third-order valence-corrected chi connectivity index (χ3v) is 8.79. The van der Waals surface area contributed by atoms with E-state index in [1.807, 2.05) is 60.7 Å². The highest BCUT2D eigenvalue weighted by molar-refractivity contribution is 5.87. The minimum absolute atomic E-state index is 0.0757. The van der Waals surface area contributed by atoms with E-state index in [1.54, 1.807) is 0 Å². The highest BCUT2D eigenvalue weighted by Crippen LogP contribution is 2.38. The van der Waals surface area contributed by atoms with E-state index in [-0.39, 0.29) is 24.1 Å². The van der Waals surface area contributed by atoms with Crippen molar-refractivity contribution < 1.29 is 14.3 Å². The van der Waals surface area contributed by atoms with Crippen molar-refractivity contribution in [3.05, 3.63) is 108 Å². The number of carbonyl (C=O) groups excluding carboxylic acids is 2. The molecule has 1 atom stereocenters. The number of alkyl carbamates (subject to hydrolysis) is 1. The van der Waals surface area contributed by atoms with Gasteiger partial charge >= 0.3 is 6.09 Å². The molecule has 2 aliphatic rings. The van der Waals surface area contributed by atoms with Crippen molar-refractivity contribution in [3.63, 3.8) is 0 Å². The summed E-state index contributed by atoms with van der Waals surface area (Å²) < 4.78 is 5.45. The molecule has 6 heteroatoms. The maximum absolute atomic E-state index is 13.6. The Bertz CT molecular complexity index is 1220. The van der Waals surface area contributed by atoms with Gasteiger partial charge in [0.05, 0.1) is 0 Å². The average Bonchev–Trinajstić information content (AvgIpc) is 3.32. The Kier molecular flexibility index (Phi) is 10.1. The molecular formula is C35H43N3O3. The van der Waals surface area contributed by atoms with E-state index in [0.717, 1.165) is 56.3 Å². The number of carbonyl (C=O) groups is 2. The van der Waals surface area contributed by atoms with Gasteiger partial charge in [-0.1, -0.05) is 104 Å². The van der Waals surface area contributed by atoms with Crippen molar-refractivity contribution in [3.8, 4) is 0 Å². The molecule has 1 aliphatic carbocycles. The summed E-state index contributed by atoms with van der Waals surface area (Å²) in [5.74, 6) is -0.191. The molecule has 216 valence electrons. The molecule has 0 radical (unpaired) electrons. The van der Waals surface area contributed by atoms with Crippen molar-refractivity contribution in [2.24, 2.45) is 0 Å². The number of benzene rings is 3. The molecule has 1 unspecified atom stereocenters. The van der Waals surface area contributed by atoms with Crippen LogP contribution in [0.2, 0.25) is 0 Å². The fraction of sp³-hybridized carbons (Fsp3) is 0.429. The second kappa shape index (κ2) is 14.3. The van der Waals surface area contributed by atoms with Crippen molar-refractivity contribution in [2.75, 3.05) is 13.1 Å². The maximum atomic E-state index is 13.6. The van der Waals surface area contributed by atoms with Crippen LogP contribution in [0.25, 0.3) is 0 Å². The number of ether oxygens (including phenoxy) is 1. The molecule has 0 bridgehead atoms. The monoisotopic (exact) mass is 553 g/mol. The molecule has 1 heterocycles. The average molecular weight is 554 g/mol. The third-order valence-electron chi connectivity index (χ3n) is 8.79.